The molecule has 1 fully saturated rings. The largest absolute Gasteiger partial charge is 0.496 e. The molecule has 1 atom stereocenters. The first-order valence-electron chi connectivity index (χ1n) is 8.42. The number of fused-ring (bicyclic) bond motifs is 1. The van der Waals surface area contributed by atoms with Crippen LogP contribution in [-0.4, -0.2) is 55.9 Å². The van der Waals surface area contributed by atoms with Crippen LogP contribution in [0.5, 0.6) is 5.75 Å². The quantitative estimate of drug-likeness (QED) is 0.855. The summed E-state index contributed by atoms with van der Waals surface area (Å²) >= 11 is 0. The molecule has 2 N–H and O–H groups in total. The Morgan fingerprint density at radius 2 is 2.38 bits per heavy atom. The zero-order valence-corrected chi connectivity index (χ0v) is 14.3. The molecule has 2 amide bonds. The van der Waals surface area contributed by atoms with Crippen LogP contribution >= 0.6 is 0 Å². The lowest BCUT2D eigenvalue weighted by Gasteiger charge is -2.21. The third kappa shape index (κ3) is 3.64. The van der Waals surface area contributed by atoms with E-state index in [2.05, 4.69) is 10.3 Å². The van der Waals surface area contributed by atoms with Crippen LogP contribution in [0.1, 0.15) is 18.4 Å². The Hall–Kier alpha value is -2.21. The fourth-order valence-corrected chi connectivity index (χ4v) is 3.20. The minimum atomic E-state index is -0.0580. The number of aromatic amines is 1. The van der Waals surface area contributed by atoms with E-state index in [9.17, 15) is 4.79 Å². The first-order valence-corrected chi connectivity index (χ1v) is 8.42. The molecule has 1 saturated heterocycles. The summed E-state index contributed by atoms with van der Waals surface area (Å²) in [5.41, 5.74) is 2.19. The van der Waals surface area contributed by atoms with Crippen molar-refractivity contribution < 1.29 is 14.3 Å². The van der Waals surface area contributed by atoms with E-state index in [1.54, 1.807) is 12.0 Å². The van der Waals surface area contributed by atoms with Gasteiger partial charge in [-0.15, -0.1) is 0 Å². The van der Waals surface area contributed by atoms with Crippen molar-refractivity contribution in [2.24, 2.45) is 0 Å². The third-order valence-electron chi connectivity index (χ3n) is 4.49. The van der Waals surface area contributed by atoms with Crippen LogP contribution in [0, 0.1) is 0 Å². The van der Waals surface area contributed by atoms with Crippen molar-refractivity contribution in [3.8, 4) is 5.75 Å². The summed E-state index contributed by atoms with van der Waals surface area (Å²) in [6.07, 6.45) is 5.03. The monoisotopic (exact) mass is 331 g/mol. The number of ether oxygens (including phenoxy) is 2. The maximum absolute atomic E-state index is 12.2. The summed E-state index contributed by atoms with van der Waals surface area (Å²) in [6, 6.07) is 5.88. The number of hydrogen-bond donors (Lipinski definition) is 2. The van der Waals surface area contributed by atoms with Crippen LogP contribution in [-0.2, 0) is 11.2 Å². The number of carbonyl (C=O) groups excluding carboxylic acids is 1. The van der Waals surface area contributed by atoms with Gasteiger partial charge in [0.15, 0.2) is 0 Å². The highest BCUT2D eigenvalue weighted by atomic mass is 16.5. The number of aromatic nitrogens is 1. The van der Waals surface area contributed by atoms with Gasteiger partial charge in [-0.3, -0.25) is 0 Å². The molecule has 3 rings (SSSR count). The number of methoxy groups -OCH3 is 1. The Morgan fingerprint density at radius 1 is 1.50 bits per heavy atom. The number of amides is 2. The zero-order chi connectivity index (χ0) is 16.9. The summed E-state index contributed by atoms with van der Waals surface area (Å²) in [5.74, 6) is 0.852. The van der Waals surface area contributed by atoms with Crippen LogP contribution in [0.25, 0.3) is 10.9 Å². The lowest BCUT2D eigenvalue weighted by atomic mass is 10.1. The summed E-state index contributed by atoms with van der Waals surface area (Å²) < 4.78 is 11.0. The van der Waals surface area contributed by atoms with Gasteiger partial charge >= 0.3 is 6.03 Å². The summed E-state index contributed by atoms with van der Waals surface area (Å²) in [5, 5.41) is 4.06. The predicted octanol–water partition coefficient (Wildman–Crippen LogP) is 2.54. The molecule has 1 aliphatic heterocycles. The van der Waals surface area contributed by atoms with Gasteiger partial charge in [0.2, 0.25) is 0 Å². The van der Waals surface area contributed by atoms with Crippen LogP contribution in [0.4, 0.5) is 4.79 Å². The third-order valence-corrected chi connectivity index (χ3v) is 4.49. The molecule has 130 valence electrons. The van der Waals surface area contributed by atoms with E-state index in [0.29, 0.717) is 13.1 Å². The van der Waals surface area contributed by atoms with Gasteiger partial charge in [-0.25, -0.2) is 4.79 Å². The van der Waals surface area contributed by atoms with E-state index in [4.69, 9.17) is 9.47 Å². The fourth-order valence-electron chi connectivity index (χ4n) is 3.20. The predicted molar refractivity (Wildman–Crippen MR) is 93.6 cm³/mol. The Bertz CT molecular complexity index is 692. The van der Waals surface area contributed by atoms with Crippen molar-refractivity contribution in [2.45, 2.75) is 25.4 Å². The number of nitrogens with one attached hydrogen (secondary N) is 2. The second-order valence-electron chi connectivity index (χ2n) is 6.19. The molecular weight excluding hydrogens is 306 g/mol. The number of carbonyl (C=O) groups is 1. The highest BCUT2D eigenvalue weighted by molar-refractivity contribution is 5.89. The van der Waals surface area contributed by atoms with Crippen molar-refractivity contribution >= 4 is 16.9 Å². The number of rotatable bonds is 6. The van der Waals surface area contributed by atoms with Crippen molar-refractivity contribution in [1.29, 1.82) is 0 Å². The number of urea groups is 1. The van der Waals surface area contributed by atoms with Crippen molar-refractivity contribution in [3.63, 3.8) is 0 Å². The van der Waals surface area contributed by atoms with Gasteiger partial charge in [0, 0.05) is 43.8 Å². The molecule has 2 aromatic rings. The van der Waals surface area contributed by atoms with Gasteiger partial charge in [-0.1, -0.05) is 6.07 Å². The maximum atomic E-state index is 12.2. The van der Waals surface area contributed by atoms with Crippen LogP contribution in [0.15, 0.2) is 24.4 Å². The Morgan fingerprint density at radius 3 is 3.12 bits per heavy atom. The maximum Gasteiger partial charge on any atom is 0.317 e. The highest BCUT2D eigenvalue weighted by Gasteiger charge is 2.19. The number of H-pyrrole nitrogens is 1. The minimum absolute atomic E-state index is 0.0580. The van der Waals surface area contributed by atoms with Crippen molar-refractivity contribution in [1.82, 2.24) is 15.2 Å². The van der Waals surface area contributed by atoms with E-state index >= 15 is 0 Å². The number of hydrogen-bond acceptors (Lipinski definition) is 3. The minimum Gasteiger partial charge on any atom is -0.496 e. The Labute approximate surface area is 142 Å². The molecule has 6 nitrogen and oxygen atoms in total. The number of likely N-dealkylation sites (N-methyl/N-ethyl adjacent to an activating group) is 1. The van der Waals surface area contributed by atoms with E-state index in [1.165, 1.54) is 0 Å². The van der Waals surface area contributed by atoms with Gasteiger partial charge in [-0.05, 0) is 37.0 Å². The second-order valence-corrected chi connectivity index (χ2v) is 6.19. The standard InChI is InChI=1S/C18H25N3O3/c1-21(12-14-5-4-10-24-14)18(22)19-9-8-13-11-20-15-6-3-7-16(23-2)17(13)15/h3,6-7,11,14,20H,4-5,8-10,12H2,1-2H3,(H,19,22)/t14-/m0/s1. The summed E-state index contributed by atoms with van der Waals surface area (Å²) in [4.78, 5) is 17.1. The Balaban J connectivity index is 1.53. The lowest BCUT2D eigenvalue weighted by Crippen LogP contribution is -2.41. The molecule has 6 heteroatoms. The smallest absolute Gasteiger partial charge is 0.317 e. The molecule has 1 aromatic heterocycles. The first-order chi connectivity index (χ1) is 11.7. The Kier molecular flexibility index (Phi) is 5.25. The van der Waals surface area contributed by atoms with E-state index < -0.39 is 0 Å². The fraction of sp³-hybridized carbons (Fsp3) is 0.500. The van der Waals surface area contributed by atoms with Crippen LogP contribution in [0.3, 0.4) is 0 Å². The highest BCUT2D eigenvalue weighted by Crippen LogP contribution is 2.28. The summed E-state index contributed by atoms with van der Waals surface area (Å²) in [7, 11) is 3.49. The van der Waals surface area contributed by atoms with Gasteiger partial charge < -0.3 is 24.7 Å². The second kappa shape index (κ2) is 7.57. The molecule has 0 spiro atoms. The van der Waals surface area contributed by atoms with Gasteiger partial charge in [0.05, 0.1) is 13.2 Å². The average Bonchev–Trinajstić information content (AvgIpc) is 3.24. The van der Waals surface area contributed by atoms with Crippen LogP contribution in [0.2, 0.25) is 0 Å². The van der Waals surface area contributed by atoms with E-state index in [1.807, 2.05) is 31.4 Å². The molecule has 1 aliphatic rings. The topological polar surface area (TPSA) is 66.6 Å². The average molecular weight is 331 g/mol. The van der Waals surface area contributed by atoms with Crippen molar-refractivity contribution in [3.05, 3.63) is 30.0 Å². The number of nitrogens with zero attached hydrogens (tertiary/aromatic N) is 1. The molecule has 0 saturated carbocycles. The van der Waals surface area contributed by atoms with E-state index in [0.717, 1.165) is 48.1 Å². The molecule has 24 heavy (non-hydrogen) atoms. The van der Waals surface area contributed by atoms with Crippen molar-refractivity contribution in [2.75, 3.05) is 33.9 Å². The zero-order valence-electron chi connectivity index (χ0n) is 14.3. The molecule has 2 heterocycles. The first kappa shape index (κ1) is 16.6. The molecule has 0 unspecified atom stereocenters. The summed E-state index contributed by atoms with van der Waals surface area (Å²) in [6.45, 7) is 2.04. The van der Waals surface area contributed by atoms with E-state index in [-0.39, 0.29) is 12.1 Å². The molecule has 1 aromatic carbocycles. The molecule has 0 aliphatic carbocycles. The van der Waals surface area contributed by atoms with Gasteiger partial charge in [-0.2, -0.15) is 0 Å². The molecule has 0 radical (unpaired) electrons. The normalized spacial score (nSPS) is 17.2. The van der Waals surface area contributed by atoms with Crippen LogP contribution < -0.4 is 10.1 Å². The number of benzene rings is 1. The SMILES string of the molecule is COc1cccc2[nH]cc(CCNC(=O)N(C)C[C@@H]3CCCO3)c12. The molecule has 0 bridgehead atoms. The molecular formula is C18H25N3O3. The van der Waals surface area contributed by atoms with Gasteiger partial charge in [0.25, 0.3) is 0 Å². The lowest BCUT2D eigenvalue weighted by molar-refractivity contribution is 0.0875. The van der Waals surface area contributed by atoms with Gasteiger partial charge in [0.1, 0.15) is 5.75 Å².